The number of carbonyl (C=O) groups is 2. The summed E-state index contributed by atoms with van der Waals surface area (Å²) in [6.45, 7) is 3.73. The fourth-order valence-corrected chi connectivity index (χ4v) is 3.51. The maximum atomic E-state index is 12.7. The van der Waals surface area contributed by atoms with Gasteiger partial charge in [-0.15, -0.1) is 0 Å². The smallest absolute Gasteiger partial charge is 0.287 e. The average molecular weight is 357 g/mol. The monoisotopic (exact) mass is 357 g/mol. The van der Waals surface area contributed by atoms with Crippen LogP contribution in [0.3, 0.4) is 0 Å². The van der Waals surface area contributed by atoms with Gasteiger partial charge in [0.25, 0.3) is 11.8 Å². The molecule has 25 heavy (non-hydrogen) atoms. The summed E-state index contributed by atoms with van der Waals surface area (Å²) in [6.07, 6.45) is 1.42. The van der Waals surface area contributed by atoms with Gasteiger partial charge < -0.3 is 14.3 Å². The van der Waals surface area contributed by atoms with Gasteiger partial charge in [-0.3, -0.25) is 9.59 Å². The van der Waals surface area contributed by atoms with Gasteiger partial charge in [0.15, 0.2) is 10.6 Å². The molecule has 0 aliphatic heterocycles. The number of fused-ring (bicyclic) bond motifs is 1. The van der Waals surface area contributed by atoms with Gasteiger partial charge in [0.2, 0.25) is 0 Å². The molecule has 0 saturated carbocycles. The molecule has 1 unspecified atom stereocenters. The molecule has 0 aliphatic carbocycles. The summed E-state index contributed by atoms with van der Waals surface area (Å²) in [4.78, 5) is 29.7. The molecule has 1 atom stereocenters. The maximum Gasteiger partial charge on any atom is 0.287 e. The summed E-state index contributed by atoms with van der Waals surface area (Å²) in [5.41, 5.74) is 1.01. The van der Waals surface area contributed by atoms with E-state index in [-0.39, 0.29) is 17.6 Å². The predicted octanol–water partition coefficient (Wildman–Crippen LogP) is 2.71. The predicted molar refractivity (Wildman–Crippen MR) is 96.2 cm³/mol. The van der Waals surface area contributed by atoms with Crippen LogP contribution >= 0.6 is 11.3 Å². The molecule has 0 bridgehead atoms. The molecular weight excluding hydrogens is 338 g/mol. The van der Waals surface area contributed by atoms with Gasteiger partial charge in [-0.1, -0.05) is 37.3 Å². The van der Waals surface area contributed by atoms with Crippen molar-refractivity contribution < 1.29 is 14.0 Å². The van der Waals surface area contributed by atoms with E-state index in [1.165, 1.54) is 17.6 Å². The number of aromatic nitrogens is 1. The first-order valence-electron chi connectivity index (χ1n) is 7.95. The lowest BCUT2D eigenvalue weighted by Crippen LogP contribution is -2.44. The molecule has 0 aliphatic rings. The maximum absolute atomic E-state index is 12.7. The normalized spacial score (nSPS) is 13.4. The van der Waals surface area contributed by atoms with Crippen molar-refractivity contribution in [2.75, 3.05) is 0 Å². The average Bonchev–Trinajstić information content (AvgIpc) is 3.22. The lowest BCUT2D eigenvalue weighted by atomic mass is 10.0. The van der Waals surface area contributed by atoms with Crippen LogP contribution in [0.5, 0.6) is 0 Å². The van der Waals surface area contributed by atoms with Crippen LogP contribution in [0.2, 0.25) is 0 Å². The van der Waals surface area contributed by atoms with Crippen LogP contribution in [0.15, 0.2) is 52.1 Å². The Labute approximate surface area is 148 Å². The third kappa shape index (κ3) is 3.56. The topological polar surface area (TPSA) is 76.6 Å². The molecule has 2 amide bonds. The van der Waals surface area contributed by atoms with Crippen LogP contribution < -0.4 is 10.1 Å². The number of carbonyl (C=O) groups excluding carboxylic acids is 2. The molecule has 1 aromatic carbocycles. The fourth-order valence-electron chi connectivity index (χ4n) is 2.49. The zero-order valence-corrected chi connectivity index (χ0v) is 15.0. The number of aryl methyl sites for hydroxylation is 1. The van der Waals surface area contributed by atoms with Crippen molar-refractivity contribution in [2.45, 2.75) is 19.9 Å². The van der Waals surface area contributed by atoms with Crippen LogP contribution in [-0.4, -0.2) is 22.4 Å². The van der Waals surface area contributed by atoms with Gasteiger partial charge in [-0.05, 0) is 30.2 Å². The third-order valence-electron chi connectivity index (χ3n) is 3.88. The second-order valence-corrected chi connectivity index (χ2v) is 7.04. The quantitative estimate of drug-likeness (QED) is 0.780. The van der Waals surface area contributed by atoms with E-state index in [1.54, 1.807) is 12.1 Å². The van der Waals surface area contributed by atoms with Crippen molar-refractivity contribution in [3.05, 3.63) is 53.2 Å². The van der Waals surface area contributed by atoms with Crippen molar-refractivity contribution in [1.82, 2.24) is 9.88 Å². The molecule has 3 rings (SSSR count). The molecule has 7 heteroatoms. The minimum atomic E-state index is -0.720. The van der Waals surface area contributed by atoms with E-state index >= 15 is 0 Å². The van der Waals surface area contributed by atoms with Crippen molar-refractivity contribution in [1.29, 1.82) is 0 Å². The Morgan fingerprint density at radius 3 is 2.60 bits per heavy atom. The van der Waals surface area contributed by atoms with Gasteiger partial charge in [-0.25, -0.2) is 0 Å². The first-order chi connectivity index (χ1) is 12.0. The van der Waals surface area contributed by atoms with Crippen molar-refractivity contribution in [2.24, 2.45) is 18.0 Å². The van der Waals surface area contributed by atoms with Gasteiger partial charge in [0.05, 0.1) is 16.5 Å². The van der Waals surface area contributed by atoms with Gasteiger partial charge in [0, 0.05) is 7.05 Å². The largest absolute Gasteiger partial charge is 0.459 e. The van der Waals surface area contributed by atoms with Crippen molar-refractivity contribution in [3.8, 4) is 0 Å². The Morgan fingerprint density at radius 2 is 1.96 bits per heavy atom. The van der Waals surface area contributed by atoms with E-state index in [4.69, 9.17) is 4.42 Å². The molecule has 3 aromatic rings. The summed E-state index contributed by atoms with van der Waals surface area (Å²) in [6, 6.07) is 10.3. The number of nitrogens with zero attached hydrogens (tertiary/aromatic N) is 2. The van der Waals surface area contributed by atoms with E-state index in [0.29, 0.717) is 4.80 Å². The fraction of sp³-hybridized carbons (Fsp3) is 0.278. The Bertz CT molecular complexity index is 967. The van der Waals surface area contributed by atoms with E-state index in [1.807, 2.05) is 49.7 Å². The standard InChI is InChI=1S/C18H19N3O3S/c1-11(2)15(19-16(22)13-8-6-10-24-13)17(23)20-18-21(3)12-7-4-5-9-14(12)25-18/h4-11,15H,1-3H3,(H,19,22). The SMILES string of the molecule is CC(C)C(NC(=O)c1ccco1)C(=O)N=c1sc2ccccc2n1C. The second kappa shape index (κ2) is 7.06. The number of hydrogen-bond donors (Lipinski definition) is 1. The summed E-state index contributed by atoms with van der Waals surface area (Å²) < 4.78 is 8.01. The molecular formula is C18H19N3O3S. The molecule has 0 radical (unpaired) electrons. The lowest BCUT2D eigenvalue weighted by molar-refractivity contribution is -0.120. The molecule has 1 N–H and O–H groups in total. The third-order valence-corrected chi connectivity index (χ3v) is 5.00. The Kier molecular flexibility index (Phi) is 4.85. The Hall–Kier alpha value is -2.67. The minimum Gasteiger partial charge on any atom is -0.459 e. The number of rotatable bonds is 4. The molecule has 130 valence electrons. The molecule has 0 saturated heterocycles. The zero-order valence-electron chi connectivity index (χ0n) is 14.2. The van der Waals surface area contributed by atoms with Gasteiger partial charge in [-0.2, -0.15) is 4.99 Å². The highest BCUT2D eigenvalue weighted by Gasteiger charge is 2.25. The van der Waals surface area contributed by atoms with E-state index in [9.17, 15) is 9.59 Å². The number of nitrogens with one attached hydrogen (secondary N) is 1. The van der Waals surface area contributed by atoms with Crippen LogP contribution in [0.25, 0.3) is 10.2 Å². The van der Waals surface area contributed by atoms with Crippen LogP contribution in [-0.2, 0) is 11.8 Å². The van der Waals surface area contributed by atoms with Gasteiger partial charge >= 0.3 is 0 Å². The molecule has 2 heterocycles. The molecule has 2 aromatic heterocycles. The number of amides is 2. The van der Waals surface area contributed by atoms with Crippen LogP contribution in [0.1, 0.15) is 24.4 Å². The van der Waals surface area contributed by atoms with E-state index in [2.05, 4.69) is 10.3 Å². The first kappa shape index (κ1) is 17.2. The Morgan fingerprint density at radius 1 is 1.20 bits per heavy atom. The Balaban J connectivity index is 1.90. The van der Waals surface area contributed by atoms with E-state index in [0.717, 1.165) is 10.2 Å². The van der Waals surface area contributed by atoms with E-state index < -0.39 is 11.9 Å². The number of hydrogen-bond acceptors (Lipinski definition) is 4. The highest BCUT2D eigenvalue weighted by atomic mass is 32.1. The highest BCUT2D eigenvalue weighted by Crippen LogP contribution is 2.15. The van der Waals surface area contributed by atoms with Crippen molar-refractivity contribution in [3.63, 3.8) is 0 Å². The van der Waals surface area contributed by atoms with Crippen LogP contribution in [0.4, 0.5) is 0 Å². The van der Waals surface area contributed by atoms with Gasteiger partial charge in [0.1, 0.15) is 6.04 Å². The summed E-state index contributed by atoms with van der Waals surface area (Å²) >= 11 is 1.44. The number of benzene rings is 1. The van der Waals surface area contributed by atoms with Crippen LogP contribution in [0, 0.1) is 5.92 Å². The van der Waals surface area contributed by atoms with Crippen molar-refractivity contribution >= 4 is 33.4 Å². The molecule has 0 spiro atoms. The minimum absolute atomic E-state index is 0.102. The second-order valence-electron chi connectivity index (χ2n) is 6.03. The summed E-state index contributed by atoms with van der Waals surface area (Å²) in [5, 5.41) is 2.71. The molecule has 0 fully saturated rings. The highest BCUT2D eigenvalue weighted by molar-refractivity contribution is 7.16. The number of para-hydroxylation sites is 1. The summed E-state index contributed by atoms with van der Waals surface area (Å²) in [7, 11) is 1.87. The summed E-state index contributed by atoms with van der Waals surface area (Å²) in [5.74, 6) is -0.731. The number of furan rings is 1. The zero-order chi connectivity index (χ0) is 18.0. The molecule has 6 nitrogen and oxygen atoms in total. The first-order valence-corrected chi connectivity index (χ1v) is 8.76. The number of thiazole rings is 1. The lowest BCUT2D eigenvalue weighted by Gasteiger charge is -2.18.